The van der Waals surface area contributed by atoms with Crippen LogP contribution in [0, 0.1) is 0 Å². The maximum atomic E-state index is 5.90. The molecule has 2 N–H and O–H groups in total. The fraction of sp³-hybridized carbons (Fsp3) is 1.00. The standard InChI is InChI=1S/C8H16N2O2/c9-7-5-12-6-8(7)10-1-3-11-4-2-10/h7-8H,1-6,9H2/t7-,8+/m0/s1. The molecule has 2 atom stereocenters. The van der Waals surface area contributed by atoms with Gasteiger partial charge >= 0.3 is 0 Å². The SMILES string of the molecule is N[C@H]1COC[C@H]1N1CCOCC1. The van der Waals surface area contributed by atoms with E-state index in [0.29, 0.717) is 12.6 Å². The Morgan fingerprint density at radius 2 is 1.83 bits per heavy atom. The van der Waals surface area contributed by atoms with E-state index in [1.807, 2.05) is 0 Å². The molecule has 2 saturated heterocycles. The molecule has 2 aliphatic rings. The molecule has 0 aliphatic carbocycles. The Labute approximate surface area is 72.6 Å². The van der Waals surface area contributed by atoms with Crippen molar-refractivity contribution in [2.75, 3.05) is 39.5 Å². The van der Waals surface area contributed by atoms with Gasteiger partial charge in [0.2, 0.25) is 0 Å². The van der Waals surface area contributed by atoms with Crippen LogP contribution in [-0.2, 0) is 9.47 Å². The van der Waals surface area contributed by atoms with Crippen molar-refractivity contribution in [3.8, 4) is 0 Å². The number of nitrogens with zero attached hydrogens (tertiary/aromatic N) is 1. The predicted octanol–water partition coefficient (Wildman–Crippen LogP) is -0.955. The van der Waals surface area contributed by atoms with E-state index < -0.39 is 0 Å². The van der Waals surface area contributed by atoms with Crippen molar-refractivity contribution in [1.29, 1.82) is 0 Å². The van der Waals surface area contributed by atoms with E-state index >= 15 is 0 Å². The van der Waals surface area contributed by atoms with Crippen molar-refractivity contribution >= 4 is 0 Å². The van der Waals surface area contributed by atoms with Crippen LogP contribution in [0.15, 0.2) is 0 Å². The lowest BCUT2D eigenvalue weighted by Crippen LogP contribution is -2.51. The fourth-order valence-corrected chi connectivity index (χ4v) is 1.84. The molecule has 0 unspecified atom stereocenters. The number of rotatable bonds is 1. The summed E-state index contributed by atoms with van der Waals surface area (Å²) >= 11 is 0. The topological polar surface area (TPSA) is 47.7 Å². The van der Waals surface area contributed by atoms with E-state index in [0.717, 1.165) is 32.9 Å². The first-order valence-electron chi connectivity index (χ1n) is 4.53. The minimum atomic E-state index is 0.197. The third-order valence-electron chi connectivity index (χ3n) is 2.61. The van der Waals surface area contributed by atoms with E-state index in [1.54, 1.807) is 0 Å². The zero-order valence-electron chi connectivity index (χ0n) is 7.24. The minimum Gasteiger partial charge on any atom is -0.379 e. The van der Waals surface area contributed by atoms with Crippen LogP contribution >= 0.6 is 0 Å². The fourth-order valence-electron chi connectivity index (χ4n) is 1.84. The summed E-state index contributed by atoms with van der Waals surface area (Å²) in [5.41, 5.74) is 5.90. The maximum Gasteiger partial charge on any atom is 0.0638 e. The van der Waals surface area contributed by atoms with Crippen LogP contribution in [0.25, 0.3) is 0 Å². The largest absolute Gasteiger partial charge is 0.379 e. The molecule has 70 valence electrons. The molecular formula is C8H16N2O2. The molecule has 0 aromatic carbocycles. The van der Waals surface area contributed by atoms with Gasteiger partial charge in [0.15, 0.2) is 0 Å². The van der Waals surface area contributed by atoms with Gasteiger partial charge in [0.1, 0.15) is 0 Å². The Morgan fingerprint density at radius 3 is 2.42 bits per heavy atom. The predicted molar refractivity (Wildman–Crippen MR) is 45.0 cm³/mol. The first-order chi connectivity index (χ1) is 5.88. The normalized spacial score (nSPS) is 38.8. The molecule has 4 heteroatoms. The Balaban J connectivity index is 1.89. The van der Waals surface area contributed by atoms with Crippen molar-refractivity contribution in [2.45, 2.75) is 12.1 Å². The van der Waals surface area contributed by atoms with E-state index in [-0.39, 0.29) is 6.04 Å². The highest BCUT2D eigenvalue weighted by molar-refractivity contribution is 4.87. The zero-order chi connectivity index (χ0) is 8.39. The van der Waals surface area contributed by atoms with Crippen LogP contribution in [-0.4, -0.2) is 56.5 Å². The van der Waals surface area contributed by atoms with Gasteiger partial charge in [-0.1, -0.05) is 0 Å². The van der Waals surface area contributed by atoms with Gasteiger partial charge in [-0.3, -0.25) is 4.90 Å². The second-order valence-corrected chi connectivity index (χ2v) is 3.42. The lowest BCUT2D eigenvalue weighted by Gasteiger charge is -2.33. The van der Waals surface area contributed by atoms with Crippen LogP contribution in [0.4, 0.5) is 0 Å². The molecule has 0 radical (unpaired) electrons. The van der Waals surface area contributed by atoms with Gasteiger partial charge in [0, 0.05) is 19.1 Å². The average Bonchev–Trinajstić information content (AvgIpc) is 2.53. The van der Waals surface area contributed by atoms with E-state index in [1.165, 1.54) is 0 Å². The number of morpholine rings is 1. The molecule has 0 aromatic heterocycles. The second-order valence-electron chi connectivity index (χ2n) is 3.42. The molecule has 2 rings (SSSR count). The summed E-state index contributed by atoms with van der Waals surface area (Å²) < 4.78 is 10.6. The van der Waals surface area contributed by atoms with Crippen LogP contribution in [0.1, 0.15) is 0 Å². The quantitative estimate of drug-likeness (QED) is 0.553. The van der Waals surface area contributed by atoms with Gasteiger partial charge < -0.3 is 15.2 Å². The lowest BCUT2D eigenvalue weighted by atomic mass is 10.1. The maximum absolute atomic E-state index is 5.90. The van der Waals surface area contributed by atoms with E-state index in [2.05, 4.69) is 4.90 Å². The van der Waals surface area contributed by atoms with Crippen molar-refractivity contribution in [3.05, 3.63) is 0 Å². The number of nitrogens with two attached hydrogens (primary N) is 1. The highest BCUT2D eigenvalue weighted by atomic mass is 16.5. The van der Waals surface area contributed by atoms with Crippen LogP contribution in [0.5, 0.6) is 0 Å². The summed E-state index contributed by atoms with van der Waals surface area (Å²) in [6.45, 7) is 5.18. The first kappa shape index (κ1) is 8.44. The monoisotopic (exact) mass is 172 g/mol. The van der Waals surface area contributed by atoms with Gasteiger partial charge in [-0.15, -0.1) is 0 Å². The summed E-state index contributed by atoms with van der Waals surface area (Å²) in [5.74, 6) is 0. The van der Waals surface area contributed by atoms with Crippen molar-refractivity contribution < 1.29 is 9.47 Å². The molecule has 0 aromatic rings. The molecular weight excluding hydrogens is 156 g/mol. The highest BCUT2D eigenvalue weighted by Gasteiger charge is 2.30. The minimum absolute atomic E-state index is 0.197. The third-order valence-corrected chi connectivity index (χ3v) is 2.61. The summed E-state index contributed by atoms with van der Waals surface area (Å²) in [6, 6.07) is 0.622. The Kier molecular flexibility index (Phi) is 2.60. The van der Waals surface area contributed by atoms with Gasteiger partial charge in [-0.2, -0.15) is 0 Å². The summed E-state index contributed by atoms with van der Waals surface area (Å²) in [7, 11) is 0. The van der Waals surface area contributed by atoms with Crippen molar-refractivity contribution in [2.24, 2.45) is 5.73 Å². The highest BCUT2D eigenvalue weighted by Crippen LogP contribution is 2.12. The van der Waals surface area contributed by atoms with Gasteiger partial charge in [-0.25, -0.2) is 0 Å². The molecule has 0 spiro atoms. The third kappa shape index (κ3) is 1.61. The van der Waals surface area contributed by atoms with Gasteiger partial charge in [0.05, 0.1) is 32.5 Å². The summed E-state index contributed by atoms with van der Waals surface area (Å²) in [5, 5.41) is 0. The van der Waals surface area contributed by atoms with E-state index in [4.69, 9.17) is 15.2 Å². The number of hydrogen-bond donors (Lipinski definition) is 1. The van der Waals surface area contributed by atoms with Gasteiger partial charge in [-0.05, 0) is 0 Å². The molecule has 2 aliphatic heterocycles. The van der Waals surface area contributed by atoms with E-state index in [9.17, 15) is 0 Å². The van der Waals surface area contributed by atoms with Crippen molar-refractivity contribution in [1.82, 2.24) is 4.90 Å². The Morgan fingerprint density at radius 1 is 1.08 bits per heavy atom. The second kappa shape index (κ2) is 3.70. The van der Waals surface area contributed by atoms with Crippen LogP contribution < -0.4 is 5.73 Å². The van der Waals surface area contributed by atoms with Crippen LogP contribution in [0.3, 0.4) is 0 Å². The van der Waals surface area contributed by atoms with Crippen LogP contribution in [0.2, 0.25) is 0 Å². The smallest absolute Gasteiger partial charge is 0.0638 e. The molecule has 4 nitrogen and oxygen atoms in total. The first-order valence-corrected chi connectivity index (χ1v) is 4.53. The lowest BCUT2D eigenvalue weighted by molar-refractivity contribution is 0.0123. The van der Waals surface area contributed by atoms with Gasteiger partial charge in [0.25, 0.3) is 0 Å². The zero-order valence-corrected chi connectivity index (χ0v) is 7.24. The summed E-state index contributed by atoms with van der Waals surface area (Å²) in [6.07, 6.45) is 0. The molecule has 2 fully saturated rings. The molecule has 0 bridgehead atoms. The molecule has 2 heterocycles. The number of ether oxygens (including phenoxy) is 2. The molecule has 0 saturated carbocycles. The number of hydrogen-bond acceptors (Lipinski definition) is 4. The Hall–Kier alpha value is -0.160. The molecule has 12 heavy (non-hydrogen) atoms. The average molecular weight is 172 g/mol. The molecule has 0 amide bonds. The Bertz CT molecular complexity index is 148. The summed E-state index contributed by atoms with van der Waals surface area (Å²) in [4.78, 5) is 2.38. The van der Waals surface area contributed by atoms with Crippen molar-refractivity contribution in [3.63, 3.8) is 0 Å².